The van der Waals surface area contributed by atoms with Crippen molar-refractivity contribution < 1.29 is 14.3 Å². The Hall–Kier alpha value is -1.32. The first kappa shape index (κ1) is 14.1. The molecule has 0 spiro atoms. The highest BCUT2D eigenvalue weighted by molar-refractivity contribution is 6.30. The SMILES string of the molecule is CCOC(=O)C[C@@H]1C=CC[C@H](c2ccc(Cl)cc2)O1. The van der Waals surface area contributed by atoms with Gasteiger partial charge >= 0.3 is 5.97 Å². The number of benzene rings is 1. The molecule has 1 aliphatic heterocycles. The average molecular weight is 281 g/mol. The summed E-state index contributed by atoms with van der Waals surface area (Å²) in [4.78, 5) is 11.4. The van der Waals surface area contributed by atoms with Gasteiger partial charge in [0.2, 0.25) is 0 Å². The molecule has 1 aromatic rings. The summed E-state index contributed by atoms with van der Waals surface area (Å²) in [5.41, 5.74) is 1.07. The molecule has 1 aliphatic rings. The number of esters is 1. The number of carbonyl (C=O) groups excluding carboxylic acids is 1. The molecular weight excluding hydrogens is 264 g/mol. The maximum Gasteiger partial charge on any atom is 0.308 e. The maximum atomic E-state index is 11.4. The minimum atomic E-state index is -0.228. The van der Waals surface area contributed by atoms with E-state index in [-0.39, 0.29) is 24.6 Å². The highest BCUT2D eigenvalue weighted by Gasteiger charge is 2.22. The monoisotopic (exact) mass is 280 g/mol. The lowest BCUT2D eigenvalue weighted by Gasteiger charge is -2.25. The number of hydrogen-bond acceptors (Lipinski definition) is 3. The third kappa shape index (κ3) is 4.08. The lowest BCUT2D eigenvalue weighted by atomic mass is 10.0. The average Bonchev–Trinajstić information content (AvgIpc) is 2.40. The van der Waals surface area contributed by atoms with Crippen molar-refractivity contribution in [1.82, 2.24) is 0 Å². The first-order valence-electron chi connectivity index (χ1n) is 6.42. The van der Waals surface area contributed by atoms with Gasteiger partial charge in [-0.1, -0.05) is 35.9 Å². The Morgan fingerprint density at radius 1 is 1.42 bits per heavy atom. The van der Waals surface area contributed by atoms with Crippen molar-refractivity contribution >= 4 is 17.6 Å². The highest BCUT2D eigenvalue weighted by Crippen LogP contribution is 2.29. The first-order valence-corrected chi connectivity index (χ1v) is 6.80. The van der Waals surface area contributed by atoms with E-state index in [9.17, 15) is 4.79 Å². The summed E-state index contributed by atoms with van der Waals surface area (Å²) in [7, 11) is 0. The highest BCUT2D eigenvalue weighted by atomic mass is 35.5. The van der Waals surface area contributed by atoms with Crippen molar-refractivity contribution in [1.29, 1.82) is 0 Å². The second-order valence-corrected chi connectivity index (χ2v) is 4.82. The van der Waals surface area contributed by atoms with Gasteiger partial charge in [-0.2, -0.15) is 0 Å². The van der Waals surface area contributed by atoms with Crippen LogP contribution in [0.1, 0.15) is 31.4 Å². The standard InChI is InChI=1S/C15H17ClO3/c1-2-18-15(17)10-13-4-3-5-14(19-13)11-6-8-12(16)9-7-11/h3-4,6-9,13-14H,2,5,10H2,1H3/t13-,14+/m0/s1. The fourth-order valence-corrected chi connectivity index (χ4v) is 2.18. The van der Waals surface area contributed by atoms with Crippen molar-refractivity contribution in [2.75, 3.05) is 6.61 Å². The van der Waals surface area contributed by atoms with Crippen LogP contribution in [0.15, 0.2) is 36.4 Å². The van der Waals surface area contributed by atoms with E-state index in [2.05, 4.69) is 0 Å². The van der Waals surface area contributed by atoms with E-state index in [1.165, 1.54) is 0 Å². The number of halogens is 1. The fraction of sp³-hybridized carbons (Fsp3) is 0.400. The van der Waals surface area contributed by atoms with Crippen LogP contribution in [0.4, 0.5) is 0 Å². The van der Waals surface area contributed by atoms with Crippen LogP contribution in [0.3, 0.4) is 0 Å². The van der Waals surface area contributed by atoms with Crippen molar-refractivity contribution in [3.05, 3.63) is 47.0 Å². The molecule has 19 heavy (non-hydrogen) atoms. The molecule has 0 radical (unpaired) electrons. The molecule has 102 valence electrons. The third-order valence-electron chi connectivity index (χ3n) is 2.95. The molecule has 2 rings (SSSR count). The lowest BCUT2D eigenvalue weighted by molar-refractivity contribution is -0.146. The van der Waals surface area contributed by atoms with Crippen molar-refractivity contribution in [2.24, 2.45) is 0 Å². The van der Waals surface area contributed by atoms with Gasteiger partial charge in [0.15, 0.2) is 0 Å². The summed E-state index contributed by atoms with van der Waals surface area (Å²) in [6.45, 7) is 2.20. The van der Waals surface area contributed by atoms with Gasteiger partial charge in [0, 0.05) is 5.02 Å². The molecule has 2 atom stereocenters. The molecule has 0 bridgehead atoms. The number of rotatable bonds is 4. The van der Waals surface area contributed by atoms with Crippen LogP contribution in [-0.4, -0.2) is 18.7 Å². The maximum absolute atomic E-state index is 11.4. The molecule has 3 nitrogen and oxygen atoms in total. The second-order valence-electron chi connectivity index (χ2n) is 4.39. The molecule has 1 heterocycles. The molecule has 0 aromatic heterocycles. The van der Waals surface area contributed by atoms with E-state index in [0.717, 1.165) is 12.0 Å². The van der Waals surface area contributed by atoms with Crippen molar-refractivity contribution in [3.8, 4) is 0 Å². The van der Waals surface area contributed by atoms with Gasteiger partial charge in [-0.25, -0.2) is 0 Å². The first-order chi connectivity index (χ1) is 9.19. The van der Waals surface area contributed by atoms with Crippen LogP contribution in [0.2, 0.25) is 5.02 Å². The summed E-state index contributed by atoms with van der Waals surface area (Å²) in [5.74, 6) is -0.228. The smallest absolute Gasteiger partial charge is 0.308 e. The van der Waals surface area contributed by atoms with E-state index in [1.54, 1.807) is 6.92 Å². The summed E-state index contributed by atoms with van der Waals surface area (Å²) in [5, 5.41) is 0.707. The summed E-state index contributed by atoms with van der Waals surface area (Å²) < 4.78 is 10.8. The van der Waals surface area contributed by atoms with E-state index in [1.807, 2.05) is 36.4 Å². The Morgan fingerprint density at radius 2 is 2.16 bits per heavy atom. The minimum Gasteiger partial charge on any atom is -0.466 e. The van der Waals surface area contributed by atoms with Crippen molar-refractivity contribution in [3.63, 3.8) is 0 Å². The zero-order valence-electron chi connectivity index (χ0n) is 10.8. The van der Waals surface area contributed by atoms with Crippen LogP contribution in [-0.2, 0) is 14.3 Å². The summed E-state index contributed by atoms with van der Waals surface area (Å²) in [6.07, 6.45) is 4.79. The van der Waals surface area contributed by atoms with E-state index in [4.69, 9.17) is 21.1 Å². The number of hydrogen-bond donors (Lipinski definition) is 0. The Balaban J connectivity index is 1.97. The number of ether oxygens (including phenoxy) is 2. The normalized spacial score (nSPS) is 22.2. The van der Waals surface area contributed by atoms with Crippen LogP contribution in [0, 0.1) is 0 Å². The largest absolute Gasteiger partial charge is 0.466 e. The molecule has 0 saturated carbocycles. The zero-order chi connectivity index (χ0) is 13.7. The van der Waals surface area contributed by atoms with Crippen LogP contribution in [0.5, 0.6) is 0 Å². The van der Waals surface area contributed by atoms with E-state index in [0.29, 0.717) is 11.6 Å². The second kappa shape index (κ2) is 6.73. The topological polar surface area (TPSA) is 35.5 Å². The van der Waals surface area contributed by atoms with E-state index < -0.39 is 0 Å². The number of carbonyl (C=O) groups is 1. The molecule has 0 saturated heterocycles. The molecule has 0 unspecified atom stereocenters. The third-order valence-corrected chi connectivity index (χ3v) is 3.21. The van der Waals surface area contributed by atoms with Gasteiger partial charge in [-0.15, -0.1) is 0 Å². The fourth-order valence-electron chi connectivity index (χ4n) is 2.06. The van der Waals surface area contributed by atoms with Crippen LogP contribution < -0.4 is 0 Å². The predicted molar refractivity (Wildman–Crippen MR) is 74.1 cm³/mol. The minimum absolute atomic E-state index is 0.0262. The van der Waals surface area contributed by atoms with Gasteiger partial charge < -0.3 is 9.47 Å². The van der Waals surface area contributed by atoms with Gasteiger partial charge in [0.1, 0.15) is 0 Å². The zero-order valence-corrected chi connectivity index (χ0v) is 11.6. The lowest BCUT2D eigenvalue weighted by Crippen LogP contribution is -2.22. The molecule has 0 fully saturated rings. The van der Waals surface area contributed by atoms with Crippen LogP contribution in [0.25, 0.3) is 0 Å². The van der Waals surface area contributed by atoms with Gasteiger partial charge in [-0.3, -0.25) is 4.79 Å². The van der Waals surface area contributed by atoms with Gasteiger partial charge in [0.05, 0.1) is 25.2 Å². The Morgan fingerprint density at radius 3 is 2.84 bits per heavy atom. The molecule has 4 heteroatoms. The molecule has 0 amide bonds. The Labute approximate surface area is 118 Å². The van der Waals surface area contributed by atoms with Gasteiger partial charge in [0.25, 0.3) is 0 Å². The van der Waals surface area contributed by atoms with Crippen molar-refractivity contribution in [2.45, 2.75) is 32.0 Å². The van der Waals surface area contributed by atoms with E-state index >= 15 is 0 Å². The predicted octanol–water partition coefficient (Wildman–Crippen LogP) is 3.68. The quantitative estimate of drug-likeness (QED) is 0.623. The summed E-state index contributed by atoms with van der Waals surface area (Å²) in [6, 6.07) is 7.60. The van der Waals surface area contributed by atoms with Crippen LogP contribution >= 0.6 is 11.6 Å². The Bertz CT molecular complexity index is 453. The molecule has 0 aliphatic carbocycles. The molecule has 1 aromatic carbocycles. The molecule has 0 N–H and O–H groups in total. The molecular formula is C15H17ClO3. The van der Waals surface area contributed by atoms with Gasteiger partial charge in [-0.05, 0) is 31.0 Å². The Kier molecular flexibility index (Phi) is 5.00. The summed E-state index contributed by atoms with van der Waals surface area (Å²) >= 11 is 5.87.